The van der Waals surface area contributed by atoms with Crippen molar-refractivity contribution in [2.75, 3.05) is 6.61 Å². The fraction of sp³-hybridized carbons (Fsp3) is 0.348. The number of alkyl halides is 1. The van der Waals surface area contributed by atoms with E-state index < -0.39 is 40.9 Å². The van der Waals surface area contributed by atoms with Crippen molar-refractivity contribution in [1.29, 1.82) is 0 Å². The van der Waals surface area contributed by atoms with E-state index in [0.717, 1.165) is 22.9 Å². The minimum atomic E-state index is -1.76. The number of halogens is 1. The summed E-state index contributed by atoms with van der Waals surface area (Å²) in [6.45, 7) is 4.74. The van der Waals surface area contributed by atoms with Crippen molar-refractivity contribution in [2.45, 2.75) is 43.7 Å². The number of hydrogen-bond donors (Lipinski definition) is 0. The lowest BCUT2D eigenvalue weighted by Crippen LogP contribution is -2.37. The molecule has 0 aliphatic carbocycles. The van der Waals surface area contributed by atoms with Crippen LogP contribution in [0.5, 0.6) is 0 Å². The molecule has 2 aromatic carbocycles. The molecule has 0 N–H and O–H groups in total. The summed E-state index contributed by atoms with van der Waals surface area (Å²) in [6, 6.07) is 13.5. The molecule has 31 heavy (non-hydrogen) atoms. The van der Waals surface area contributed by atoms with Gasteiger partial charge < -0.3 is 14.2 Å². The van der Waals surface area contributed by atoms with Gasteiger partial charge in [-0.15, -0.1) is 11.8 Å². The molecule has 4 atom stereocenters. The molecule has 6 nitrogen and oxygen atoms in total. The van der Waals surface area contributed by atoms with Crippen LogP contribution in [0.1, 0.15) is 38.8 Å². The maximum absolute atomic E-state index is 15.0. The molecule has 1 aliphatic rings. The zero-order chi connectivity index (χ0) is 22.5. The van der Waals surface area contributed by atoms with Crippen LogP contribution in [0.25, 0.3) is 0 Å². The predicted octanol–water partition coefficient (Wildman–Crippen LogP) is 4.03. The average molecular weight is 446 g/mol. The van der Waals surface area contributed by atoms with E-state index in [1.54, 1.807) is 48.5 Å². The number of aryl methyl sites for hydroxylation is 2. The van der Waals surface area contributed by atoms with Crippen molar-refractivity contribution in [3.63, 3.8) is 0 Å². The lowest BCUT2D eigenvalue weighted by Gasteiger charge is -2.20. The second kappa shape index (κ2) is 9.96. The minimum Gasteiger partial charge on any atom is -0.461 e. The molecule has 1 unspecified atom stereocenters. The van der Waals surface area contributed by atoms with Crippen LogP contribution in [-0.4, -0.2) is 47.5 Å². The smallest absolute Gasteiger partial charge is 0.338 e. The molecule has 8 heteroatoms. The molecule has 0 aromatic heterocycles. The van der Waals surface area contributed by atoms with Gasteiger partial charge in [0, 0.05) is 6.92 Å². The van der Waals surface area contributed by atoms with Gasteiger partial charge in [0.1, 0.15) is 6.61 Å². The Morgan fingerprint density at radius 3 is 1.90 bits per heavy atom. The van der Waals surface area contributed by atoms with Gasteiger partial charge >= 0.3 is 17.9 Å². The maximum atomic E-state index is 15.0. The van der Waals surface area contributed by atoms with Crippen LogP contribution in [0, 0.1) is 13.8 Å². The normalized spacial score (nSPS) is 22.6. The fourth-order valence-electron chi connectivity index (χ4n) is 3.03. The number of carbonyl (C=O) groups excluding carboxylic acids is 3. The first kappa shape index (κ1) is 22.8. The van der Waals surface area contributed by atoms with Crippen LogP contribution in [0.3, 0.4) is 0 Å². The number of ether oxygens (including phenoxy) is 3. The second-order valence-corrected chi connectivity index (χ2v) is 8.64. The highest BCUT2D eigenvalue weighted by molar-refractivity contribution is 8.00. The minimum absolute atomic E-state index is 0.207. The molecule has 0 amide bonds. The van der Waals surface area contributed by atoms with E-state index in [0.29, 0.717) is 5.56 Å². The van der Waals surface area contributed by atoms with E-state index in [-0.39, 0.29) is 12.2 Å². The number of carbonyl (C=O) groups is 3. The van der Waals surface area contributed by atoms with E-state index in [1.165, 1.54) is 6.92 Å². The SMILES string of the molecule is CC(=O)O[C@@H]1SC(COC(=O)c2ccc(C)cc2)[C@@H](OC(=O)c2ccc(C)cc2)[C@@H]1F. The first-order valence-electron chi connectivity index (χ1n) is 9.73. The Morgan fingerprint density at radius 1 is 0.871 bits per heavy atom. The van der Waals surface area contributed by atoms with Crippen LogP contribution in [-0.2, 0) is 19.0 Å². The van der Waals surface area contributed by atoms with Crippen LogP contribution >= 0.6 is 11.8 Å². The van der Waals surface area contributed by atoms with Gasteiger partial charge in [-0.3, -0.25) is 4.79 Å². The average Bonchev–Trinajstić information content (AvgIpc) is 3.01. The molecule has 3 rings (SSSR count). The second-order valence-electron chi connectivity index (χ2n) is 7.30. The number of benzene rings is 2. The molecule has 0 radical (unpaired) electrons. The monoisotopic (exact) mass is 446 g/mol. The van der Waals surface area contributed by atoms with Gasteiger partial charge in [0.2, 0.25) is 0 Å². The molecule has 1 fully saturated rings. The summed E-state index contributed by atoms with van der Waals surface area (Å²) in [6.07, 6.45) is -3.00. The Labute approximate surface area is 184 Å². The lowest BCUT2D eigenvalue weighted by molar-refractivity contribution is -0.145. The van der Waals surface area contributed by atoms with Crippen molar-refractivity contribution in [3.05, 3.63) is 70.8 Å². The van der Waals surface area contributed by atoms with Gasteiger partial charge in [-0.1, -0.05) is 35.4 Å². The number of thioether (sulfide) groups is 1. The molecule has 1 aliphatic heterocycles. The summed E-state index contributed by atoms with van der Waals surface area (Å²) in [5.41, 5.74) is 1.43. The Hall–Kier alpha value is -2.87. The highest BCUT2D eigenvalue weighted by Crippen LogP contribution is 2.39. The summed E-state index contributed by atoms with van der Waals surface area (Å²) in [7, 11) is 0. The first-order chi connectivity index (χ1) is 14.7. The summed E-state index contributed by atoms with van der Waals surface area (Å²) >= 11 is 0.962. The fourth-order valence-corrected chi connectivity index (χ4v) is 4.38. The molecule has 1 heterocycles. The third-order valence-electron chi connectivity index (χ3n) is 4.73. The first-order valence-corrected chi connectivity index (χ1v) is 10.7. The summed E-state index contributed by atoms with van der Waals surface area (Å²) in [5.74, 6) is -1.93. The summed E-state index contributed by atoms with van der Waals surface area (Å²) in [5, 5.41) is -0.733. The van der Waals surface area contributed by atoms with Gasteiger partial charge in [0.15, 0.2) is 17.7 Å². The van der Waals surface area contributed by atoms with E-state index in [2.05, 4.69) is 0 Å². The largest absolute Gasteiger partial charge is 0.461 e. The Kier molecular flexibility index (Phi) is 7.33. The van der Waals surface area contributed by atoms with Crippen LogP contribution in [0.2, 0.25) is 0 Å². The molecule has 2 aromatic rings. The number of hydrogen-bond acceptors (Lipinski definition) is 7. The zero-order valence-corrected chi connectivity index (χ0v) is 18.2. The Balaban J connectivity index is 1.70. The van der Waals surface area contributed by atoms with Crippen molar-refractivity contribution in [1.82, 2.24) is 0 Å². The van der Waals surface area contributed by atoms with Crippen LogP contribution < -0.4 is 0 Å². The third kappa shape index (κ3) is 5.85. The molecular weight excluding hydrogens is 423 g/mol. The van der Waals surface area contributed by atoms with Crippen LogP contribution in [0.4, 0.5) is 4.39 Å². The maximum Gasteiger partial charge on any atom is 0.338 e. The molecule has 0 bridgehead atoms. The van der Waals surface area contributed by atoms with E-state index in [1.807, 2.05) is 13.8 Å². The highest BCUT2D eigenvalue weighted by atomic mass is 32.2. The molecule has 0 spiro atoms. The third-order valence-corrected chi connectivity index (χ3v) is 6.11. The highest BCUT2D eigenvalue weighted by Gasteiger charge is 2.49. The van der Waals surface area contributed by atoms with Gasteiger partial charge in [-0.25, -0.2) is 14.0 Å². The van der Waals surface area contributed by atoms with Crippen LogP contribution in [0.15, 0.2) is 48.5 Å². The zero-order valence-electron chi connectivity index (χ0n) is 17.4. The lowest BCUT2D eigenvalue weighted by atomic mass is 10.1. The number of esters is 3. The molecule has 164 valence electrons. The van der Waals surface area contributed by atoms with Gasteiger partial charge in [-0.05, 0) is 38.1 Å². The Bertz CT molecular complexity index is 944. The van der Waals surface area contributed by atoms with Crippen molar-refractivity contribution in [3.8, 4) is 0 Å². The van der Waals surface area contributed by atoms with Crippen molar-refractivity contribution >= 4 is 29.7 Å². The van der Waals surface area contributed by atoms with E-state index in [9.17, 15) is 18.8 Å². The standard InChI is InChI=1S/C23H23FO6S/c1-13-4-8-16(9-5-13)21(26)28-12-18-20(19(24)23(31-18)29-15(3)25)30-22(27)17-10-6-14(2)7-11-17/h4-11,18-20,23H,12H2,1-3H3/t18?,19-,20+,23+/m0/s1. The summed E-state index contributed by atoms with van der Waals surface area (Å²) in [4.78, 5) is 36.1. The quantitative estimate of drug-likeness (QED) is 0.490. The Morgan fingerprint density at radius 2 is 1.39 bits per heavy atom. The topological polar surface area (TPSA) is 78.9 Å². The number of rotatable bonds is 6. The summed E-state index contributed by atoms with van der Waals surface area (Å²) < 4.78 is 30.7. The van der Waals surface area contributed by atoms with E-state index >= 15 is 0 Å². The van der Waals surface area contributed by atoms with Gasteiger partial charge in [0.25, 0.3) is 0 Å². The van der Waals surface area contributed by atoms with Gasteiger partial charge in [0.05, 0.1) is 16.4 Å². The molecular formula is C23H23FO6S. The molecule has 0 saturated carbocycles. The predicted molar refractivity (Wildman–Crippen MR) is 114 cm³/mol. The van der Waals surface area contributed by atoms with E-state index in [4.69, 9.17) is 14.2 Å². The van der Waals surface area contributed by atoms with Crippen molar-refractivity contribution < 1.29 is 33.0 Å². The van der Waals surface area contributed by atoms with Gasteiger partial charge in [-0.2, -0.15) is 0 Å². The van der Waals surface area contributed by atoms with Crippen molar-refractivity contribution in [2.24, 2.45) is 0 Å². The molecule has 1 saturated heterocycles.